The molecule has 0 radical (unpaired) electrons. The highest BCUT2D eigenvalue weighted by Crippen LogP contribution is 2.22. The van der Waals surface area contributed by atoms with E-state index < -0.39 is 0 Å². The van der Waals surface area contributed by atoms with E-state index in [2.05, 4.69) is 30.1 Å². The number of carbonyl (C=O) groups excluding carboxylic acids is 1. The summed E-state index contributed by atoms with van der Waals surface area (Å²) in [6.45, 7) is 7.49. The van der Waals surface area contributed by atoms with Crippen molar-refractivity contribution in [2.24, 2.45) is 11.8 Å². The van der Waals surface area contributed by atoms with Crippen LogP contribution >= 0.6 is 0 Å². The van der Waals surface area contributed by atoms with Crippen LogP contribution in [0.2, 0.25) is 0 Å². The van der Waals surface area contributed by atoms with Crippen molar-refractivity contribution in [3.63, 3.8) is 0 Å². The number of hydrogen-bond acceptors (Lipinski definition) is 3. The van der Waals surface area contributed by atoms with Crippen LogP contribution in [0.5, 0.6) is 0 Å². The maximum Gasteiger partial charge on any atom is 0.225 e. The lowest BCUT2D eigenvalue weighted by Gasteiger charge is -2.14. The average molecular weight is 271 g/mol. The van der Waals surface area contributed by atoms with E-state index in [1.807, 2.05) is 0 Å². The SMILES string of the molecule is CC1CN(CCC(=O)Nc2cccc(C#N)c2)CC1C. The number of benzene rings is 1. The lowest BCUT2D eigenvalue weighted by molar-refractivity contribution is -0.116. The molecule has 1 amide bonds. The molecule has 1 aliphatic heterocycles. The molecule has 0 spiro atoms. The Bertz CT molecular complexity index is 511. The molecule has 1 heterocycles. The van der Waals surface area contributed by atoms with Gasteiger partial charge in [-0.25, -0.2) is 0 Å². The third-order valence-corrected chi connectivity index (χ3v) is 3.99. The van der Waals surface area contributed by atoms with Gasteiger partial charge in [0.1, 0.15) is 0 Å². The Morgan fingerprint density at radius 2 is 2.10 bits per heavy atom. The number of rotatable bonds is 4. The first kappa shape index (κ1) is 14.5. The summed E-state index contributed by atoms with van der Waals surface area (Å²) in [6, 6.07) is 9.06. The van der Waals surface area contributed by atoms with Crippen molar-refractivity contribution in [3.05, 3.63) is 29.8 Å². The predicted molar refractivity (Wildman–Crippen MR) is 79.2 cm³/mol. The van der Waals surface area contributed by atoms with Gasteiger partial charge in [0.25, 0.3) is 0 Å². The standard InChI is InChI=1S/C16H21N3O/c1-12-10-19(11-13(12)2)7-6-16(20)18-15-5-3-4-14(8-15)9-17/h3-5,8,12-13H,6-7,10-11H2,1-2H3,(H,18,20). The van der Waals surface area contributed by atoms with E-state index in [1.54, 1.807) is 24.3 Å². The quantitative estimate of drug-likeness (QED) is 0.915. The monoisotopic (exact) mass is 271 g/mol. The second-order valence-electron chi connectivity index (χ2n) is 5.70. The summed E-state index contributed by atoms with van der Waals surface area (Å²) < 4.78 is 0. The first-order chi connectivity index (χ1) is 9.58. The van der Waals surface area contributed by atoms with E-state index in [4.69, 9.17) is 5.26 Å². The van der Waals surface area contributed by atoms with Gasteiger partial charge in [-0.3, -0.25) is 4.79 Å². The van der Waals surface area contributed by atoms with Crippen LogP contribution in [-0.2, 0) is 4.79 Å². The minimum absolute atomic E-state index is 0.00676. The molecule has 1 aromatic carbocycles. The Kier molecular flexibility index (Phi) is 4.75. The smallest absolute Gasteiger partial charge is 0.225 e. The van der Waals surface area contributed by atoms with Gasteiger partial charge in [-0.05, 0) is 30.0 Å². The lowest BCUT2D eigenvalue weighted by Crippen LogP contribution is -2.26. The average Bonchev–Trinajstić information content (AvgIpc) is 2.76. The fourth-order valence-electron chi connectivity index (χ4n) is 2.58. The van der Waals surface area contributed by atoms with Gasteiger partial charge in [0.05, 0.1) is 11.6 Å². The number of amides is 1. The highest BCUT2D eigenvalue weighted by molar-refractivity contribution is 5.90. The molecule has 0 aromatic heterocycles. The van der Waals surface area contributed by atoms with Crippen LogP contribution in [-0.4, -0.2) is 30.4 Å². The Morgan fingerprint density at radius 1 is 1.40 bits per heavy atom. The molecule has 2 unspecified atom stereocenters. The number of nitrogens with one attached hydrogen (secondary N) is 1. The summed E-state index contributed by atoms with van der Waals surface area (Å²) in [5.74, 6) is 1.43. The molecule has 1 saturated heterocycles. The topological polar surface area (TPSA) is 56.1 Å². The van der Waals surface area contributed by atoms with E-state index in [1.165, 1.54) is 0 Å². The number of nitrogens with zero attached hydrogens (tertiary/aromatic N) is 2. The molecular formula is C16H21N3O. The third-order valence-electron chi connectivity index (χ3n) is 3.99. The van der Waals surface area contributed by atoms with Gasteiger partial charge in [-0.1, -0.05) is 19.9 Å². The molecule has 1 aromatic rings. The van der Waals surface area contributed by atoms with E-state index in [0.717, 1.165) is 19.6 Å². The zero-order chi connectivity index (χ0) is 14.5. The molecule has 2 rings (SSSR count). The van der Waals surface area contributed by atoms with Crippen molar-refractivity contribution in [2.45, 2.75) is 20.3 Å². The minimum atomic E-state index is 0.00676. The fraction of sp³-hybridized carbons (Fsp3) is 0.500. The molecule has 0 bridgehead atoms. The molecule has 1 fully saturated rings. The summed E-state index contributed by atoms with van der Waals surface area (Å²) in [6.07, 6.45) is 0.496. The lowest BCUT2D eigenvalue weighted by atomic mass is 10.0. The molecule has 20 heavy (non-hydrogen) atoms. The second-order valence-corrected chi connectivity index (χ2v) is 5.70. The van der Waals surface area contributed by atoms with Crippen LogP contribution in [0.25, 0.3) is 0 Å². The van der Waals surface area contributed by atoms with Crippen molar-refractivity contribution in [1.29, 1.82) is 5.26 Å². The third kappa shape index (κ3) is 3.82. The Hall–Kier alpha value is -1.86. The minimum Gasteiger partial charge on any atom is -0.326 e. The van der Waals surface area contributed by atoms with Gasteiger partial charge in [-0.15, -0.1) is 0 Å². The predicted octanol–water partition coefficient (Wildman–Crippen LogP) is 2.47. The molecule has 4 nitrogen and oxygen atoms in total. The number of nitriles is 1. The van der Waals surface area contributed by atoms with Crippen molar-refractivity contribution >= 4 is 11.6 Å². The van der Waals surface area contributed by atoms with Crippen molar-refractivity contribution < 1.29 is 4.79 Å². The zero-order valence-electron chi connectivity index (χ0n) is 12.1. The van der Waals surface area contributed by atoms with Gasteiger partial charge < -0.3 is 10.2 Å². The molecule has 106 valence electrons. The Morgan fingerprint density at radius 3 is 2.75 bits per heavy atom. The van der Waals surface area contributed by atoms with Crippen LogP contribution in [0.15, 0.2) is 24.3 Å². The number of hydrogen-bond donors (Lipinski definition) is 1. The summed E-state index contributed by atoms with van der Waals surface area (Å²) >= 11 is 0. The highest BCUT2D eigenvalue weighted by Gasteiger charge is 2.25. The first-order valence-corrected chi connectivity index (χ1v) is 7.11. The van der Waals surface area contributed by atoms with Gasteiger partial charge in [0.15, 0.2) is 0 Å². The van der Waals surface area contributed by atoms with Crippen molar-refractivity contribution in [3.8, 4) is 6.07 Å². The summed E-state index contributed by atoms with van der Waals surface area (Å²) in [7, 11) is 0. The van der Waals surface area contributed by atoms with Crippen LogP contribution in [0.4, 0.5) is 5.69 Å². The second kappa shape index (κ2) is 6.53. The summed E-state index contributed by atoms with van der Waals surface area (Å²) in [5, 5.41) is 11.7. The molecule has 2 atom stereocenters. The number of likely N-dealkylation sites (tertiary alicyclic amines) is 1. The molecular weight excluding hydrogens is 250 g/mol. The molecule has 4 heteroatoms. The van der Waals surface area contributed by atoms with E-state index in [-0.39, 0.29) is 5.91 Å². The fourth-order valence-corrected chi connectivity index (χ4v) is 2.58. The number of carbonyl (C=O) groups is 1. The van der Waals surface area contributed by atoms with Gasteiger partial charge >= 0.3 is 0 Å². The van der Waals surface area contributed by atoms with Gasteiger partial charge in [-0.2, -0.15) is 5.26 Å². The van der Waals surface area contributed by atoms with Crippen molar-refractivity contribution in [2.75, 3.05) is 25.0 Å². The summed E-state index contributed by atoms with van der Waals surface area (Å²) in [4.78, 5) is 14.3. The maximum absolute atomic E-state index is 11.9. The number of anilines is 1. The normalized spacial score (nSPS) is 22.4. The van der Waals surface area contributed by atoms with Crippen molar-refractivity contribution in [1.82, 2.24) is 4.90 Å². The van der Waals surface area contributed by atoms with Gasteiger partial charge in [0, 0.05) is 31.7 Å². The highest BCUT2D eigenvalue weighted by atomic mass is 16.1. The summed E-state index contributed by atoms with van der Waals surface area (Å²) in [5.41, 5.74) is 1.25. The van der Waals surface area contributed by atoms with E-state index in [9.17, 15) is 4.79 Å². The molecule has 0 saturated carbocycles. The first-order valence-electron chi connectivity index (χ1n) is 7.11. The van der Waals surface area contributed by atoms with Crippen LogP contribution in [0.3, 0.4) is 0 Å². The van der Waals surface area contributed by atoms with E-state index in [0.29, 0.717) is 29.5 Å². The van der Waals surface area contributed by atoms with E-state index >= 15 is 0 Å². The largest absolute Gasteiger partial charge is 0.326 e. The van der Waals surface area contributed by atoms with Crippen LogP contribution in [0, 0.1) is 23.2 Å². The molecule has 1 aliphatic rings. The Balaban J connectivity index is 1.80. The Labute approximate surface area is 120 Å². The zero-order valence-corrected chi connectivity index (χ0v) is 12.1. The maximum atomic E-state index is 11.9. The molecule has 0 aliphatic carbocycles. The van der Waals surface area contributed by atoms with Crippen LogP contribution in [0.1, 0.15) is 25.8 Å². The molecule has 1 N–H and O–H groups in total. The van der Waals surface area contributed by atoms with Crippen LogP contribution < -0.4 is 5.32 Å². The van der Waals surface area contributed by atoms with Gasteiger partial charge in [0.2, 0.25) is 5.91 Å².